The maximum absolute atomic E-state index is 14.5. The highest BCUT2D eigenvalue weighted by atomic mass is 32.1. The first-order valence-corrected chi connectivity index (χ1v) is 15.4. The average molecular weight is 587 g/mol. The molecule has 2 aromatic rings. The highest BCUT2D eigenvalue weighted by molar-refractivity contribution is 7.67. The fourth-order valence-corrected chi connectivity index (χ4v) is 6.79. The van der Waals surface area contributed by atoms with Crippen molar-refractivity contribution in [3.8, 4) is 11.5 Å². The van der Waals surface area contributed by atoms with E-state index >= 15 is 0 Å². The number of Topliss-reactive ketones (excluding diaryl/α,β-unsaturated/α-hetero) is 1. The lowest BCUT2D eigenvalue weighted by molar-refractivity contribution is -0.149. The molecule has 0 aliphatic heterocycles. The summed E-state index contributed by atoms with van der Waals surface area (Å²) >= 11 is 1.03. The number of nitrogens with one attached hydrogen (secondary N) is 2. The molecule has 0 amide bonds. The number of aromatic nitrogens is 1. The molecule has 13 heteroatoms. The Kier molecular flexibility index (Phi) is 11.7. The van der Waals surface area contributed by atoms with Crippen LogP contribution in [0, 0.1) is 5.41 Å². The zero-order valence-corrected chi connectivity index (χ0v) is 26.5. The van der Waals surface area contributed by atoms with Crippen LogP contribution in [0.1, 0.15) is 85.8 Å². The molecule has 0 aliphatic carbocycles. The number of furan rings is 1. The molecular weight excluding hydrogens is 543 g/mol. The maximum atomic E-state index is 14.5. The Hall–Kier alpha value is -2.53. The lowest BCUT2D eigenvalue weighted by atomic mass is 9.89. The second kappa shape index (κ2) is 13.2. The van der Waals surface area contributed by atoms with Gasteiger partial charge in [-0.05, 0) is 53.7 Å². The lowest BCUT2D eigenvalue weighted by Crippen LogP contribution is -2.55. The van der Waals surface area contributed by atoms with Crippen molar-refractivity contribution in [2.24, 2.45) is 5.41 Å². The predicted octanol–water partition coefficient (Wildman–Crippen LogP) is 4.92. The van der Waals surface area contributed by atoms with Gasteiger partial charge in [0.2, 0.25) is 0 Å². The highest BCUT2D eigenvalue weighted by Crippen LogP contribution is 2.43. The van der Waals surface area contributed by atoms with Gasteiger partial charge in [0.15, 0.2) is 22.2 Å². The number of ether oxygens (including phenoxy) is 2. The van der Waals surface area contributed by atoms with E-state index in [1.807, 2.05) is 13.8 Å². The molecular formula is C26H43N4O7PS. The first-order valence-electron chi connectivity index (χ1n) is 12.8. The van der Waals surface area contributed by atoms with Gasteiger partial charge in [-0.1, -0.05) is 46.0 Å². The average Bonchev–Trinajstić information content (AvgIpc) is 3.46. The van der Waals surface area contributed by atoms with Crippen molar-refractivity contribution in [2.45, 2.75) is 87.2 Å². The number of carbonyl (C=O) groups is 3. The minimum Gasteiger partial charge on any atom is -0.465 e. The fourth-order valence-electron chi connectivity index (χ4n) is 3.26. The van der Waals surface area contributed by atoms with Crippen LogP contribution in [0.4, 0.5) is 5.13 Å². The van der Waals surface area contributed by atoms with Crippen molar-refractivity contribution >= 4 is 47.1 Å². The Morgan fingerprint density at radius 3 is 1.82 bits per heavy atom. The third kappa shape index (κ3) is 8.48. The molecule has 0 saturated heterocycles. The van der Waals surface area contributed by atoms with Gasteiger partial charge < -0.3 is 19.6 Å². The van der Waals surface area contributed by atoms with Crippen LogP contribution < -0.4 is 21.4 Å². The number of nitrogens with zero attached hydrogens (tertiary/aromatic N) is 1. The summed E-state index contributed by atoms with van der Waals surface area (Å²) in [5.41, 5.74) is 2.46. The van der Waals surface area contributed by atoms with E-state index in [9.17, 15) is 18.9 Å². The number of anilines is 1. The van der Waals surface area contributed by atoms with E-state index < -0.39 is 35.9 Å². The number of thiazole rings is 1. The van der Waals surface area contributed by atoms with Gasteiger partial charge in [0.1, 0.15) is 21.6 Å². The molecule has 11 nitrogen and oxygen atoms in total. The van der Waals surface area contributed by atoms with Crippen LogP contribution >= 0.6 is 18.8 Å². The molecule has 0 saturated carbocycles. The summed E-state index contributed by atoms with van der Waals surface area (Å²) in [5.74, 6) is -1.32. The van der Waals surface area contributed by atoms with Gasteiger partial charge in [-0.3, -0.25) is 18.9 Å². The van der Waals surface area contributed by atoms with Crippen LogP contribution in [0.2, 0.25) is 0 Å². The highest BCUT2D eigenvalue weighted by Gasteiger charge is 2.45. The third-order valence-electron chi connectivity index (χ3n) is 5.11. The third-order valence-corrected chi connectivity index (χ3v) is 8.60. The van der Waals surface area contributed by atoms with Gasteiger partial charge in [0.25, 0.3) is 7.44 Å². The Balaban J connectivity index is 0.00000371. The van der Waals surface area contributed by atoms with E-state index in [1.165, 1.54) is 39.8 Å². The molecule has 0 unspecified atom stereocenters. The summed E-state index contributed by atoms with van der Waals surface area (Å²) in [7, 11) is -4.04. The van der Waals surface area contributed by atoms with Crippen LogP contribution in [-0.2, 0) is 23.6 Å². The maximum Gasteiger partial charge on any atom is 0.326 e. The number of esters is 2. The Morgan fingerprint density at radius 2 is 1.41 bits per heavy atom. The number of ketones is 1. The van der Waals surface area contributed by atoms with E-state index in [0.717, 1.165) is 11.3 Å². The lowest BCUT2D eigenvalue weighted by Gasteiger charge is -2.34. The molecule has 2 rings (SSSR count). The summed E-state index contributed by atoms with van der Waals surface area (Å²) in [5, 5.41) is 5.80. The molecule has 2 aromatic heterocycles. The summed E-state index contributed by atoms with van der Waals surface area (Å²) in [4.78, 5) is 42.8. The molecule has 0 bridgehead atoms. The number of rotatable bonds is 11. The number of carbonyl (C=O) groups excluding carboxylic acids is 3. The van der Waals surface area contributed by atoms with E-state index in [0.29, 0.717) is 4.88 Å². The molecule has 0 aromatic carbocycles. The molecule has 0 atom stereocenters. The van der Waals surface area contributed by atoms with E-state index in [1.54, 1.807) is 34.6 Å². The molecule has 0 aliphatic rings. The van der Waals surface area contributed by atoms with Crippen molar-refractivity contribution in [3.05, 3.63) is 17.0 Å². The van der Waals surface area contributed by atoms with Gasteiger partial charge in [0, 0.05) is 5.41 Å². The number of nitrogen functional groups attached to an aromatic ring is 1. The van der Waals surface area contributed by atoms with Crippen molar-refractivity contribution in [1.29, 1.82) is 0 Å². The molecule has 4 N–H and O–H groups in total. The van der Waals surface area contributed by atoms with Gasteiger partial charge >= 0.3 is 11.9 Å². The summed E-state index contributed by atoms with van der Waals surface area (Å²) in [6, 6.07) is 2.94. The summed E-state index contributed by atoms with van der Waals surface area (Å²) < 4.78 is 30.7. The largest absolute Gasteiger partial charge is 0.465 e. The number of nitrogens with two attached hydrogens (primary N) is 1. The Bertz CT molecular complexity index is 1180. The monoisotopic (exact) mass is 586 g/mol. The SMILES string of the molecule is CC.CCOC(=O)C(C)(C)NP(=O)(NC(C)(C)C(=O)OCC)c1ccc(-c2nc(N)sc2C(=O)C(C)(C)C)o1. The topological polar surface area (TPSA) is 163 Å². The van der Waals surface area contributed by atoms with Gasteiger partial charge in [-0.25, -0.2) is 15.2 Å². The Morgan fingerprint density at radius 1 is 0.949 bits per heavy atom. The van der Waals surface area contributed by atoms with Crippen LogP contribution in [0.3, 0.4) is 0 Å². The minimum absolute atomic E-state index is 0.0991. The molecule has 0 radical (unpaired) electrons. The zero-order valence-electron chi connectivity index (χ0n) is 24.8. The van der Waals surface area contributed by atoms with E-state index in [-0.39, 0.29) is 41.1 Å². The van der Waals surface area contributed by atoms with Crippen LogP contribution in [0.25, 0.3) is 11.5 Å². The molecule has 39 heavy (non-hydrogen) atoms. The Labute approximate surface area is 235 Å². The van der Waals surface area contributed by atoms with Crippen molar-refractivity contribution < 1.29 is 32.8 Å². The van der Waals surface area contributed by atoms with Crippen LogP contribution in [-0.4, -0.2) is 47.0 Å². The molecule has 0 fully saturated rings. The summed E-state index contributed by atoms with van der Waals surface area (Å²) in [6.45, 7) is 18.9. The van der Waals surface area contributed by atoms with Crippen LogP contribution in [0.15, 0.2) is 16.5 Å². The van der Waals surface area contributed by atoms with Crippen molar-refractivity contribution in [1.82, 2.24) is 15.2 Å². The molecule has 220 valence electrons. The molecule has 0 spiro atoms. The normalized spacial score (nSPS) is 12.4. The van der Waals surface area contributed by atoms with Crippen molar-refractivity contribution in [2.75, 3.05) is 18.9 Å². The van der Waals surface area contributed by atoms with Crippen molar-refractivity contribution in [3.63, 3.8) is 0 Å². The first kappa shape index (κ1) is 34.5. The quantitative estimate of drug-likeness (QED) is 0.186. The van der Waals surface area contributed by atoms with Crippen LogP contribution in [0.5, 0.6) is 0 Å². The smallest absolute Gasteiger partial charge is 0.326 e. The summed E-state index contributed by atoms with van der Waals surface area (Å²) in [6.07, 6.45) is 0. The standard InChI is InChI=1S/C24H37N4O7PS.C2H6/c1-10-33-19(30)23(6,7)27-36(32,28-24(8,9)20(31)34-11-2)15-13-12-14(35-15)16-17(37-21(25)26-16)18(29)22(3,4)5;1-2/h12-13H,10-11H2,1-9H3,(H2,25,26)(H2,27,28,32);1-2H3. The molecule has 2 heterocycles. The fraction of sp³-hybridized carbons (Fsp3) is 0.615. The van der Waals surface area contributed by atoms with Gasteiger partial charge in [0.05, 0.1) is 13.2 Å². The predicted molar refractivity (Wildman–Crippen MR) is 154 cm³/mol. The first-order chi connectivity index (χ1) is 17.9. The number of hydrogen-bond donors (Lipinski definition) is 3. The van der Waals surface area contributed by atoms with Gasteiger partial charge in [-0.2, -0.15) is 0 Å². The van der Waals surface area contributed by atoms with Gasteiger partial charge in [-0.15, -0.1) is 0 Å². The second-order valence-electron chi connectivity index (χ2n) is 10.5. The number of hydrogen-bond acceptors (Lipinski definition) is 10. The van der Waals surface area contributed by atoms with E-state index in [4.69, 9.17) is 19.6 Å². The second-order valence-corrected chi connectivity index (χ2v) is 13.6. The zero-order chi connectivity index (χ0) is 30.4. The minimum atomic E-state index is -4.04. The van der Waals surface area contributed by atoms with E-state index in [2.05, 4.69) is 15.2 Å².